The topological polar surface area (TPSA) is 208 Å². The first-order valence-corrected chi connectivity index (χ1v) is 31.7. The molecule has 21 heteroatoms. The SMILES string of the molecule is CCC.CCc1cccc2cc(O)cc(-c3ncc4c(N5CC6CCC(C5)N6)nc(OCC56CCCN5C(COC=O)CC6)nc4c3F)c12.Cc1ncsc1-c1ccc(C(C)NC(=O)C2CCCN2C(=O)Cc2cc(N3CCN(C)CC3)no2)cc1. The fourth-order valence-corrected chi connectivity index (χ4v) is 14.5. The number of anilines is 2. The van der Waals surface area contributed by atoms with E-state index in [1.165, 1.54) is 6.42 Å². The lowest BCUT2D eigenvalue weighted by Crippen LogP contribution is -2.51. The van der Waals surface area contributed by atoms with Crippen molar-refractivity contribution in [1.29, 1.82) is 0 Å². The van der Waals surface area contributed by atoms with Crippen LogP contribution in [0.15, 0.2) is 76.9 Å². The molecule has 0 radical (unpaired) electrons. The molecule has 19 nitrogen and oxygen atoms in total. The highest BCUT2D eigenvalue weighted by atomic mass is 32.1. The summed E-state index contributed by atoms with van der Waals surface area (Å²) >= 11 is 1.62. The molecule has 6 aliphatic heterocycles. The van der Waals surface area contributed by atoms with Gasteiger partial charge in [0.25, 0.3) is 6.47 Å². The number of hydrogen-bond donors (Lipinski definition) is 3. The normalized spacial score (nSPS) is 22.3. The number of aromatic nitrogens is 5. The van der Waals surface area contributed by atoms with Gasteiger partial charge in [-0.2, -0.15) is 9.97 Å². The van der Waals surface area contributed by atoms with Crippen molar-refractivity contribution in [2.75, 3.05) is 82.4 Å². The van der Waals surface area contributed by atoms with Crippen molar-refractivity contribution < 1.29 is 37.9 Å². The summed E-state index contributed by atoms with van der Waals surface area (Å²) in [6.07, 6.45) is 11.3. The van der Waals surface area contributed by atoms with Crippen LogP contribution in [0.3, 0.4) is 0 Å². The number of hydrogen-bond acceptors (Lipinski definition) is 18. The second-order valence-corrected chi connectivity index (χ2v) is 24.9. The van der Waals surface area contributed by atoms with Crippen molar-refractivity contribution in [3.8, 4) is 33.5 Å². The first-order valence-electron chi connectivity index (χ1n) is 30.8. The summed E-state index contributed by atoms with van der Waals surface area (Å²) in [5.41, 5.74) is 6.70. The zero-order valence-corrected chi connectivity index (χ0v) is 51.2. The number of pyridine rings is 1. The lowest BCUT2D eigenvalue weighted by molar-refractivity contribution is -0.138. The molecule has 2 amide bonds. The van der Waals surface area contributed by atoms with E-state index < -0.39 is 11.9 Å². The number of piperazine rings is 2. The van der Waals surface area contributed by atoms with E-state index in [-0.39, 0.29) is 58.8 Å². The number of nitrogens with zero attached hydrogens (tertiary/aromatic N) is 10. The van der Waals surface area contributed by atoms with Gasteiger partial charge in [-0.3, -0.25) is 24.3 Å². The Morgan fingerprint density at radius 3 is 2.45 bits per heavy atom. The van der Waals surface area contributed by atoms with Gasteiger partial charge in [0.05, 0.1) is 39.5 Å². The molecule has 0 aliphatic carbocycles. The van der Waals surface area contributed by atoms with E-state index in [4.69, 9.17) is 24.0 Å². The van der Waals surface area contributed by atoms with Gasteiger partial charge in [0, 0.05) is 81.8 Å². The number of likely N-dealkylation sites (N-methyl/N-ethyl adjacent to an activating group) is 1. The number of carbonyl (C=O) groups excluding carboxylic acids is 3. The quantitative estimate of drug-likeness (QED) is 0.0770. The summed E-state index contributed by atoms with van der Waals surface area (Å²) in [4.78, 5) is 67.7. The third-order valence-electron chi connectivity index (χ3n) is 18.1. The maximum absolute atomic E-state index is 16.9. The Kier molecular flexibility index (Phi) is 18.8. The standard InChI is InChI=1S/C35H39FN6O4.C27H34N6O3S.C3H8/c1-2-21-5-3-6-22-13-26(44)14-27(29(21)22)31-30(36)32-28(15-37-31)33(41-16-23-7-8-24(17-41)38-23)40-34(39-32)46-19-35-10-4-12-42(35)25(9-11-35)18-45-20-43;1-18(20-6-8-21(9-7-20)26-19(2)28-17-37-26)29-27(35)23-5-4-10-33(23)25(34)16-22-15-24(30-36-22)32-13-11-31(3)12-14-32;1-3-2/h3,5-6,13-15,20,23-25,38,44H,2,4,7-12,16-19H2,1H3;6-9,15,17-18,23H,4-5,10-14,16H2,1-3H3,(H,29,35);3H2,1-2H3. The summed E-state index contributed by atoms with van der Waals surface area (Å²) in [6, 6.07) is 19.6. The highest BCUT2D eigenvalue weighted by Crippen LogP contribution is 2.44. The minimum Gasteiger partial charge on any atom is -0.508 e. The molecular weight excluding hydrogens is 1110 g/mol. The van der Waals surface area contributed by atoms with E-state index in [0.717, 1.165) is 141 Å². The minimum atomic E-state index is -0.561. The summed E-state index contributed by atoms with van der Waals surface area (Å²) < 4.78 is 34.0. The summed E-state index contributed by atoms with van der Waals surface area (Å²) in [5.74, 6) is 1.22. The molecule has 6 atom stereocenters. The number of amides is 2. The van der Waals surface area contributed by atoms with Gasteiger partial charge in [-0.05, 0) is 125 Å². The Bertz CT molecular complexity index is 3510. The van der Waals surface area contributed by atoms with Crippen molar-refractivity contribution >= 4 is 62.9 Å². The van der Waals surface area contributed by atoms with E-state index in [9.17, 15) is 19.5 Å². The molecule has 10 heterocycles. The van der Waals surface area contributed by atoms with Crippen LogP contribution in [0.25, 0.3) is 43.4 Å². The molecule has 3 aromatic carbocycles. The highest BCUT2D eigenvalue weighted by molar-refractivity contribution is 7.13. The van der Waals surface area contributed by atoms with Crippen molar-refractivity contribution in [3.05, 3.63) is 101 Å². The van der Waals surface area contributed by atoms with E-state index in [1.807, 2.05) is 55.8 Å². The van der Waals surface area contributed by atoms with Crippen LogP contribution in [-0.2, 0) is 32.0 Å². The number of ether oxygens (including phenoxy) is 2. The van der Waals surface area contributed by atoms with Crippen LogP contribution in [-0.4, -0.2) is 166 Å². The predicted octanol–water partition coefficient (Wildman–Crippen LogP) is 9.43. The van der Waals surface area contributed by atoms with E-state index >= 15 is 4.39 Å². The van der Waals surface area contributed by atoms with Crippen LogP contribution in [0.2, 0.25) is 0 Å². The second-order valence-electron chi connectivity index (χ2n) is 24.0. The molecule has 6 unspecified atom stereocenters. The molecule has 3 N–H and O–H groups in total. The molecular formula is C65H81FN12O7S. The van der Waals surface area contributed by atoms with Crippen molar-refractivity contribution in [2.45, 2.75) is 141 Å². The van der Waals surface area contributed by atoms with Gasteiger partial charge in [0.15, 0.2) is 11.6 Å². The van der Waals surface area contributed by atoms with Crippen LogP contribution >= 0.6 is 11.3 Å². The Morgan fingerprint density at radius 2 is 1.72 bits per heavy atom. The number of nitrogens with one attached hydrogen (secondary N) is 2. The number of rotatable bonds is 16. The number of aromatic hydroxyl groups is 1. The number of phenolic OH excluding ortho intramolecular Hbond substituents is 1. The van der Waals surface area contributed by atoms with Crippen molar-refractivity contribution in [3.63, 3.8) is 0 Å². The maximum atomic E-state index is 16.9. The fourth-order valence-electron chi connectivity index (χ4n) is 13.6. The minimum absolute atomic E-state index is 0.0505. The van der Waals surface area contributed by atoms with Crippen LogP contribution in [0.4, 0.5) is 16.0 Å². The number of aryl methyl sites for hydroxylation is 2. The third kappa shape index (κ3) is 12.9. The van der Waals surface area contributed by atoms with Gasteiger partial charge in [-0.15, -0.1) is 11.3 Å². The van der Waals surface area contributed by atoms with Gasteiger partial charge >= 0.3 is 6.01 Å². The Morgan fingerprint density at radius 1 is 0.942 bits per heavy atom. The second kappa shape index (κ2) is 26.7. The molecule has 6 aliphatic rings. The van der Waals surface area contributed by atoms with Crippen LogP contribution in [0.5, 0.6) is 11.8 Å². The maximum Gasteiger partial charge on any atom is 0.319 e. The highest BCUT2D eigenvalue weighted by Gasteiger charge is 2.50. The zero-order chi connectivity index (χ0) is 60.1. The first kappa shape index (κ1) is 60.4. The number of halogens is 1. The molecule has 6 fully saturated rings. The monoisotopic (exact) mass is 1190 g/mol. The van der Waals surface area contributed by atoms with E-state index in [0.29, 0.717) is 67.3 Å². The van der Waals surface area contributed by atoms with E-state index in [1.54, 1.807) is 34.6 Å². The average molecular weight is 1190 g/mol. The molecule has 13 rings (SSSR count). The van der Waals surface area contributed by atoms with Crippen LogP contribution in [0, 0.1) is 12.7 Å². The molecule has 86 heavy (non-hydrogen) atoms. The molecule has 4 aromatic heterocycles. The smallest absolute Gasteiger partial charge is 0.319 e. The molecule has 2 bridgehead atoms. The lowest BCUT2D eigenvalue weighted by atomic mass is 9.95. The van der Waals surface area contributed by atoms with E-state index in [2.05, 4.69) is 85.3 Å². The number of benzene rings is 3. The molecule has 0 saturated carbocycles. The number of carbonyl (C=O) groups is 3. The van der Waals surface area contributed by atoms with Crippen molar-refractivity contribution in [1.82, 2.24) is 50.4 Å². The Labute approximate surface area is 506 Å². The van der Waals surface area contributed by atoms with Crippen molar-refractivity contribution in [2.24, 2.45) is 0 Å². The number of thiazole rings is 1. The third-order valence-corrected chi connectivity index (χ3v) is 19.0. The average Bonchev–Trinajstić information content (AvgIpc) is 1.53. The molecule has 0 spiro atoms. The number of phenols is 1. The Hall–Kier alpha value is -7.33. The van der Waals surface area contributed by atoms with Gasteiger partial charge < -0.3 is 49.3 Å². The van der Waals surface area contributed by atoms with Crippen LogP contribution < -0.4 is 25.2 Å². The molecule has 6 saturated heterocycles. The number of fused-ring (bicyclic) bond motifs is 5. The largest absolute Gasteiger partial charge is 0.508 e. The summed E-state index contributed by atoms with van der Waals surface area (Å²) in [5, 5.41) is 23.8. The number of likely N-dealkylation sites (tertiary alicyclic amines) is 1. The van der Waals surface area contributed by atoms with Gasteiger partial charge in [-0.25, -0.2) is 9.37 Å². The fraction of sp³-hybridized carbons (Fsp3) is 0.508. The molecule has 456 valence electrons. The summed E-state index contributed by atoms with van der Waals surface area (Å²) in [7, 11) is 2.11. The Balaban J connectivity index is 0.000000175. The summed E-state index contributed by atoms with van der Waals surface area (Å²) in [6.45, 7) is 18.3. The van der Waals surface area contributed by atoms with Gasteiger partial charge in [0.1, 0.15) is 47.8 Å². The molecule has 7 aromatic rings. The first-order chi connectivity index (χ1) is 41.8. The predicted molar refractivity (Wildman–Crippen MR) is 332 cm³/mol. The van der Waals surface area contributed by atoms with Gasteiger partial charge in [-0.1, -0.05) is 74.8 Å². The lowest BCUT2D eigenvalue weighted by Gasteiger charge is -2.35. The van der Waals surface area contributed by atoms with Gasteiger partial charge in [0.2, 0.25) is 11.8 Å². The zero-order valence-electron chi connectivity index (χ0n) is 50.4. The van der Waals surface area contributed by atoms with Crippen LogP contribution in [0.1, 0.15) is 114 Å².